The molecule has 1 aromatic carbocycles. The summed E-state index contributed by atoms with van der Waals surface area (Å²) in [4.78, 5) is 2.62. The summed E-state index contributed by atoms with van der Waals surface area (Å²) in [5.41, 5.74) is 2.40. The molecule has 1 aliphatic heterocycles. The molecule has 1 N–H and O–H groups in total. The maximum atomic E-state index is 9.90. The Morgan fingerprint density at radius 3 is 2.45 bits per heavy atom. The van der Waals surface area contributed by atoms with Crippen LogP contribution in [0.25, 0.3) is 0 Å². The van der Waals surface area contributed by atoms with Gasteiger partial charge in [-0.2, -0.15) is 0 Å². The lowest BCUT2D eigenvalue weighted by atomic mass is 9.95. The van der Waals surface area contributed by atoms with Gasteiger partial charge in [-0.25, -0.2) is 0 Å². The minimum absolute atomic E-state index is 0.312. The summed E-state index contributed by atoms with van der Waals surface area (Å²) in [6, 6.07) is 9.39. The van der Waals surface area contributed by atoms with E-state index in [9.17, 15) is 5.11 Å². The van der Waals surface area contributed by atoms with Crippen LogP contribution in [0.4, 0.5) is 5.69 Å². The Hall–Kier alpha value is -1.02. The van der Waals surface area contributed by atoms with E-state index in [1.54, 1.807) is 0 Å². The Balaban J connectivity index is 1.74. The third kappa shape index (κ3) is 2.71. The zero-order chi connectivity index (χ0) is 13.9. The molecule has 1 aromatic rings. The van der Waals surface area contributed by atoms with E-state index in [1.165, 1.54) is 50.8 Å². The molecule has 0 aromatic heterocycles. The molecule has 0 bridgehead atoms. The fraction of sp³-hybridized carbons (Fsp3) is 0.667. The molecule has 2 atom stereocenters. The first-order valence-electron chi connectivity index (χ1n) is 8.34. The van der Waals surface area contributed by atoms with Crippen LogP contribution < -0.4 is 4.90 Å². The highest BCUT2D eigenvalue weighted by Crippen LogP contribution is 2.38. The van der Waals surface area contributed by atoms with Crippen molar-refractivity contribution >= 4 is 5.69 Å². The molecule has 1 heterocycles. The molecule has 20 heavy (non-hydrogen) atoms. The first-order valence-corrected chi connectivity index (χ1v) is 8.34. The van der Waals surface area contributed by atoms with E-state index >= 15 is 0 Å². The minimum atomic E-state index is -0.312. The fourth-order valence-corrected chi connectivity index (χ4v) is 4.07. The third-order valence-electron chi connectivity index (χ3n) is 5.24. The third-order valence-corrected chi connectivity index (χ3v) is 5.24. The molecule has 1 saturated heterocycles. The zero-order valence-corrected chi connectivity index (χ0v) is 12.6. The molecule has 2 fully saturated rings. The smallest absolute Gasteiger partial charge is 0.0787 e. The minimum Gasteiger partial charge on any atom is -0.388 e. The van der Waals surface area contributed by atoms with Gasteiger partial charge in [0.15, 0.2) is 0 Å². The zero-order valence-electron chi connectivity index (χ0n) is 12.6. The van der Waals surface area contributed by atoms with Crippen molar-refractivity contribution in [2.45, 2.75) is 64.0 Å². The van der Waals surface area contributed by atoms with E-state index in [-0.39, 0.29) is 6.10 Å². The second-order valence-corrected chi connectivity index (χ2v) is 6.46. The topological polar surface area (TPSA) is 23.5 Å². The van der Waals surface area contributed by atoms with Crippen LogP contribution in [-0.2, 0) is 0 Å². The Morgan fingerprint density at radius 2 is 1.80 bits per heavy atom. The molecule has 1 saturated carbocycles. The van der Waals surface area contributed by atoms with Gasteiger partial charge in [-0.15, -0.1) is 0 Å². The van der Waals surface area contributed by atoms with Gasteiger partial charge in [0, 0.05) is 18.3 Å². The molecule has 2 aliphatic rings. The van der Waals surface area contributed by atoms with Crippen molar-refractivity contribution in [3.63, 3.8) is 0 Å². The summed E-state index contributed by atoms with van der Waals surface area (Å²) in [5.74, 6) is 0.915. The molecule has 1 unspecified atom stereocenters. The van der Waals surface area contributed by atoms with Crippen molar-refractivity contribution in [3.8, 4) is 0 Å². The second kappa shape index (κ2) is 6.17. The number of hydrogen-bond donors (Lipinski definition) is 1. The first kappa shape index (κ1) is 13.9. The standard InChI is InChI=1S/C18H27NO/c1-2-18(20)15-9-11-16(12-10-15)19-13-5-8-17(19)14-6-3-4-7-14/h9-12,14,17-18,20H,2-8,13H2,1H3/t17?,18-/m0/s1. The number of aliphatic hydroxyl groups excluding tert-OH is 1. The molecule has 1 aliphatic carbocycles. The quantitative estimate of drug-likeness (QED) is 0.884. The molecule has 110 valence electrons. The van der Waals surface area contributed by atoms with Gasteiger partial charge in [-0.05, 0) is 55.7 Å². The van der Waals surface area contributed by atoms with Gasteiger partial charge in [0.2, 0.25) is 0 Å². The monoisotopic (exact) mass is 273 g/mol. The van der Waals surface area contributed by atoms with Crippen molar-refractivity contribution < 1.29 is 5.11 Å². The van der Waals surface area contributed by atoms with Crippen LogP contribution in [0.3, 0.4) is 0 Å². The van der Waals surface area contributed by atoms with Crippen LogP contribution in [0, 0.1) is 5.92 Å². The van der Waals surface area contributed by atoms with Gasteiger partial charge in [0.25, 0.3) is 0 Å². The average molecular weight is 273 g/mol. The van der Waals surface area contributed by atoms with Crippen LogP contribution in [0.15, 0.2) is 24.3 Å². The van der Waals surface area contributed by atoms with Gasteiger partial charge in [-0.1, -0.05) is 31.9 Å². The SMILES string of the molecule is CC[C@H](O)c1ccc(N2CCCC2C2CCCC2)cc1. The lowest BCUT2D eigenvalue weighted by molar-refractivity contribution is 0.173. The highest BCUT2D eigenvalue weighted by atomic mass is 16.3. The largest absolute Gasteiger partial charge is 0.388 e. The van der Waals surface area contributed by atoms with Crippen molar-refractivity contribution in [1.29, 1.82) is 0 Å². The van der Waals surface area contributed by atoms with Gasteiger partial charge in [0.1, 0.15) is 0 Å². The molecule has 2 nitrogen and oxygen atoms in total. The number of aliphatic hydroxyl groups is 1. The first-order chi connectivity index (χ1) is 9.79. The van der Waals surface area contributed by atoms with E-state index in [2.05, 4.69) is 29.2 Å². The normalized spacial score (nSPS) is 25.3. The van der Waals surface area contributed by atoms with E-state index in [4.69, 9.17) is 0 Å². The predicted octanol–water partition coefficient (Wildman–Crippen LogP) is 4.29. The number of benzene rings is 1. The van der Waals surface area contributed by atoms with E-state index in [0.29, 0.717) is 0 Å². The Morgan fingerprint density at radius 1 is 1.10 bits per heavy atom. The molecule has 0 amide bonds. The highest BCUT2D eigenvalue weighted by Gasteiger charge is 2.33. The van der Waals surface area contributed by atoms with Crippen LogP contribution in [0.5, 0.6) is 0 Å². The molecular formula is C18H27NO. The van der Waals surface area contributed by atoms with Crippen molar-refractivity contribution in [3.05, 3.63) is 29.8 Å². The van der Waals surface area contributed by atoms with Gasteiger partial charge >= 0.3 is 0 Å². The number of nitrogens with zero attached hydrogens (tertiary/aromatic N) is 1. The van der Waals surface area contributed by atoms with Crippen LogP contribution in [0.1, 0.15) is 63.5 Å². The summed E-state index contributed by atoms with van der Waals surface area (Å²) in [6.07, 6.45) is 8.88. The average Bonchev–Trinajstić information content (AvgIpc) is 3.16. The van der Waals surface area contributed by atoms with Crippen LogP contribution in [-0.4, -0.2) is 17.7 Å². The van der Waals surface area contributed by atoms with Gasteiger partial charge in [-0.3, -0.25) is 0 Å². The molecule has 0 radical (unpaired) electrons. The molecular weight excluding hydrogens is 246 g/mol. The van der Waals surface area contributed by atoms with Gasteiger partial charge < -0.3 is 10.0 Å². The van der Waals surface area contributed by atoms with Crippen molar-refractivity contribution in [1.82, 2.24) is 0 Å². The predicted molar refractivity (Wildman–Crippen MR) is 84.0 cm³/mol. The summed E-state index contributed by atoms with van der Waals surface area (Å²) in [7, 11) is 0. The Labute approximate surface area is 122 Å². The van der Waals surface area contributed by atoms with E-state index in [0.717, 1.165) is 23.9 Å². The summed E-state index contributed by atoms with van der Waals surface area (Å²) in [5, 5.41) is 9.90. The molecule has 2 heteroatoms. The lowest BCUT2D eigenvalue weighted by Gasteiger charge is -2.31. The maximum absolute atomic E-state index is 9.90. The van der Waals surface area contributed by atoms with Crippen molar-refractivity contribution in [2.75, 3.05) is 11.4 Å². The van der Waals surface area contributed by atoms with Crippen LogP contribution in [0.2, 0.25) is 0 Å². The Kier molecular flexibility index (Phi) is 4.30. The van der Waals surface area contributed by atoms with Crippen molar-refractivity contribution in [2.24, 2.45) is 5.92 Å². The number of anilines is 1. The maximum Gasteiger partial charge on any atom is 0.0787 e. The number of rotatable bonds is 4. The lowest BCUT2D eigenvalue weighted by Crippen LogP contribution is -2.34. The number of hydrogen-bond acceptors (Lipinski definition) is 2. The van der Waals surface area contributed by atoms with E-state index < -0.39 is 0 Å². The highest BCUT2D eigenvalue weighted by molar-refractivity contribution is 5.50. The van der Waals surface area contributed by atoms with Crippen LogP contribution >= 0.6 is 0 Å². The van der Waals surface area contributed by atoms with E-state index in [1.807, 2.05) is 6.92 Å². The molecule has 3 rings (SSSR count). The summed E-state index contributed by atoms with van der Waals surface area (Å²) >= 11 is 0. The summed E-state index contributed by atoms with van der Waals surface area (Å²) < 4.78 is 0. The van der Waals surface area contributed by atoms with Gasteiger partial charge in [0.05, 0.1) is 6.10 Å². The second-order valence-electron chi connectivity index (χ2n) is 6.46. The fourth-order valence-electron chi connectivity index (χ4n) is 4.07. The molecule has 0 spiro atoms. The Bertz CT molecular complexity index is 422. The summed E-state index contributed by atoms with van der Waals surface area (Å²) in [6.45, 7) is 3.23.